The van der Waals surface area contributed by atoms with Crippen molar-refractivity contribution in [2.45, 2.75) is 161 Å². The number of amides is 4. The number of nitrogens with one attached hydrogen (secondary N) is 2. The van der Waals surface area contributed by atoms with Gasteiger partial charge in [0.1, 0.15) is 37.9 Å². The average Bonchev–Trinajstić information content (AvgIpc) is 1.49. The first-order valence-electron chi connectivity index (χ1n) is 37.3. The summed E-state index contributed by atoms with van der Waals surface area (Å²) >= 11 is 0. The molecule has 1 saturated carbocycles. The maximum absolute atomic E-state index is 14.1. The number of fused-ring (bicyclic) bond motifs is 5. The van der Waals surface area contributed by atoms with Gasteiger partial charge in [-0.2, -0.15) is 0 Å². The number of hydrogen-bond acceptors (Lipinski definition) is 25. The van der Waals surface area contributed by atoms with E-state index < -0.39 is 29.2 Å². The number of ketones is 2. The number of esters is 1. The van der Waals surface area contributed by atoms with E-state index in [1.807, 2.05) is 6.92 Å². The zero-order valence-corrected chi connectivity index (χ0v) is 61.1. The van der Waals surface area contributed by atoms with Crippen LogP contribution in [-0.2, 0) is 131 Å². The molecular formula is C76H103N9O21. The highest BCUT2D eigenvalue weighted by Gasteiger charge is 2.51. The number of carbonyl (C=O) groups is 8. The van der Waals surface area contributed by atoms with Gasteiger partial charge in [0, 0.05) is 86.1 Å². The van der Waals surface area contributed by atoms with Crippen LogP contribution < -0.4 is 21.9 Å². The molecule has 0 unspecified atom stereocenters. The largest absolute Gasteiger partial charge is 0.510 e. The van der Waals surface area contributed by atoms with Gasteiger partial charge >= 0.3 is 12.1 Å². The molecule has 2 fully saturated rings. The van der Waals surface area contributed by atoms with Crippen LogP contribution in [0.15, 0.2) is 59.5 Å². The fraction of sp³-hybridized carbons (Fsp3) is 0.605. The summed E-state index contributed by atoms with van der Waals surface area (Å²) in [6.45, 7) is 10.9. The molecule has 4 amide bonds. The Morgan fingerprint density at radius 1 is 0.717 bits per heavy atom. The van der Waals surface area contributed by atoms with E-state index in [0.29, 0.717) is 191 Å². The molecule has 1 saturated heterocycles. The van der Waals surface area contributed by atoms with Crippen molar-refractivity contribution in [2.24, 2.45) is 23.5 Å². The van der Waals surface area contributed by atoms with Crippen molar-refractivity contribution in [3.05, 3.63) is 98.6 Å². The number of ether oxygens (including phenoxy) is 11. The molecule has 106 heavy (non-hydrogen) atoms. The molecule has 1 aliphatic carbocycles. The lowest BCUT2D eigenvalue weighted by Crippen LogP contribution is -2.47. The van der Waals surface area contributed by atoms with Crippen LogP contribution in [0.1, 0.15) is 150 Å². The number of likely N-dealkylation sites (tertiary alicyclic amines) is 1. The molecule has 4 aliphatic rings. The zero-order valence-electron chi connectivity index (χ0n) is 61.1. The monoisotopic (exact) mass is 1480 g/mol. The lowest BCUT2D eigenvalue weighted by Gasteiger charge is -2.35. The first kappa shape index (κ1) is 81.6. The van der Waals surface area contributed by atoms with E-state index >= 15 is 0 Å². The smallest absolute Gasteiger partial charge is 0.508 e. The van der Waals surface area contributed by atoms with E-state index in [1.165, 1.54) is 4.90 Å². The Kier molecular flexibility index (Phi) is 32.9. The number of imide groups is 1. The summed E-state index contributed by atoms with van der Waals surface area (Å²) in [6.07, 6.45) is 9.86. The number of aromatic nitrogens is 5. The molecule has 6 heterocycles. The van der Waals surface area contributed by atoms with Gasteiger partial charge in [0.05, 0.1) is 121 Å². The third-order valence-electron chi connectivity index (χ3n) is 19.3. The Labute approximate surface area is 616 Å². The van der Waals surface area contributed by atoms with Gasteiger partial charge < -0.3 is 78.1 Å². The molecule has 5 aromatic rings. The minimum Gasteiger partial charge on any atom is -0.508 e. The van der Waals surface area contributed by atoms with Crippen LogP contribution in [0.2, 0.25) is 0 Å². The number of pyridine rings is 2. The molecule has 0 bridgehead atoms. The van der Waals surface area contributed by atoms with E-state index in [2.05, 4.69) is 20.9 Å². The number of nitrogens with two attached hydrogens (primary N) is 1. The van der Waals surface area contributed by atoms with Gasteiger partial charge in [0.2, 0.25) is 29.2 Å². The number of anilines is 1. The van der Waals surface area contributed by atoms with E-state index in [9.17, 15) is 48.3 Å². The molecule has 30 heteroatoms. The lowest BCUT2D eigenvalue weighted by molar-refractivity contribution is -0.175. The zero-order chi connectivity index (χ0) is 75.1. The van der Waals surface area contributed by atoms with Crippen LogP contribution >= 0.6 is 0 Å². The third kappa shape index (κ3) is 24.0. The van der Waals surface area contributed by atoms with Gasteiger partial charge in [-0.25, -0.2) is 19.3 Å². The number of phenolic OH excluding ortho intramolecular Hbond substituents is 1. The summed E-state index contributed by atoms with van der Waals surface area (Å²) < 4.78 is 64.9. The third-order valence-corrected chi connectivity index (χ3v) is 19.3. The summed E-state index contributed by atoms with van der Waals surface area (Å²) in [7, 11) is 0. The maximum atomic E-state index is 14.1. The van der Waals surface area contributed by atoms with Crippen molar-refractivity contribution in [1.29, 1.82) is 0 Å². The second-order valence-electron chi connectivity index (χ2n) is 26.9. The Hall–Kier alpha value is -8.46. The van der Waals surface area contributed by atoms with E-state index in [0.717, 1.165) is 61.5 Å². The van der Waals surface area contributed by atoms with E-state index in [4.69, 9.17) is 62.8 Å². The fourth-order valence-corrected chi connectivity index (χ4v) is 13.5. The van der Waals surface area contributed by atoms with Crippen molar-refractivity contribution >= 4 is 63.9 Å². The van der Waals surface area contributed by atoms with Gasteiger partial charge in [0.15, 0.2) is 11.6 Å². The second kappa shape index (κ2) is 42.8. The highest BCUT2D eigenvalue weighted by Crippen LogP contribution is 2.43. The fourth-order valence-electron chi connectivity index (χ4n) is 13.5. The standard InChI is InChI=1S/C76H103N9O21/c1-3-61-62-42-58(86)21-22-66(62)80-70-63(61)47-84-67(70)43-65-64(73(84)93)51-104-74(94)76(65,4-2)106-75(95)105-48-53-15-19-56(20-16-53)79-72(92)55(11-6-7-25-77)41-60(88)50-103-49-59(87)12-10-29-96-27-8-5-9-28-97-31-33-99-35-37-101-39-40-102-38-36-100-34-32-98-30-26-83-46-57(81-82-83)44-78-71(91)54-17-13-52(14-18-54)45-85-68(89)23-24-69(85)90/h15-16,19-22,42-43,46,52,54-55,86H,3-14,17-18,23-41,44-45,47-51,77H2,1-2H3,(H,78,91)(H,79,92)/t52?,54?,55-,76+/m1/s1. The predicted molar refractivity (Wildman–Crippen MR) is 384 cm³/mol. The first-order chi connectivity index (χ1) is 51.6. The number of benzene rings is 2. The van der Waals surface area contributed by atoms with Crippen molar-refractivity contribution < 1.29 is 95.6 Å². The Morgan fingerprint density at radius 3 is 2.02 bits per heavy atom. The number of nitrogens with zero attached hydrogens (tertiary/aromatic N) is 6. The van der Waals surface area contributed by atoms with Crippen molar-refractivity contribution in [3.8, 4) is 17.1 Å². The van der Waals surface area contributed by atoms with Crippen LogP contribution in [0.5, 0.6) is 5.75 Å². The molecule has 0 radical (unpaired) electrons. The van der Waals surface area contributed by atoms with Crippen LogP contribution in [0.4, 0.5) is 10.5 Å². The van der Waals surface area contributed by atoms with Crippen molar-refractivity contribution in [1.82, 2.24) is 34.8 Å². The molecule has 0 spiro atoms. The summed E-state index contributed by atoms with van der Waals surface area (Å²) in [5, 5.41) is 25.1. The number of hydrogen-bond donors (Lipinski definition) is 4. The van der Waals surface area contributed by atoms with Gasteiger partial charge in [-0.05, 0) is 137 Å². The number of unbranched alkanes of at least 4 members (excludes halogenated alkanes) is 3. The minimum atomic E-state index is -1.99. The number of aromatic hydroxyl groups is 1. The number of cyclic esters (lactones) is 1. The number of carbonyl (C=O) groups excluding carboxylic acids is 8. The summed E-state index contributed by atoms with van der Waals surface area (Å²) in [4.78, 5) is 123. The van der Waals surface area contributed by atoms with Crippen molar-refractivity contribution in [2.75, 3.05) is 124 Å². The quantitative estimate of drug-likeness (QED) is 0.0172. The van der Waals surface area contributed by atoms with Crippen LogP contribution in [0, 0.1) is 17.8 Å². The summed E-state index contributed by atoms with van der Waals surface area (Å²) in [6, 6.07) is 13.1. The molecular weight excluding hydrogens is 1370 g/mol. The Bertz CT molecular complexity index is 3780. The van der Waals surface area contributed by atoms with Crippen molar-refractivity contribution in [3.63, 3.8) is 0 Å². The number of phenols is 1. The molecule has 2 aromatic carbocycles. The molecule has 30 nitrogen and oxygen atoms in total. The number of Topliss-reactive ketones (excluding diaryl/α,β-unsaturated/α-hetero) is 2. The predicted octanol–water partition coefficient (Wildman–Crippen LogP) is 6.87. The maximum Gasteiger partial charge on any atom is 0.510 e. The Morgan fingerprint density at radius 2 is 1.36 bits per heavy atom. The molecule has 5 N–H and O–H groups in total. The topological polar surface area (TPSA) is 377 Å². The highest BCUT2D eigenvalue weighted by molar-refractivity contribution is 6.02. The van der Waals surface area contributed by atoms with E-state index in [-0.39, 0.29) is 123 Å². The molecule has 2 atom stereocenters. The minimum absolute atomic E-state index is 0.0114. The number of aryl methyl sites for hydroxylation is 1. The van der Waals surface area contributed by atoms with Crippen LogP contribution in [-0.4, -0.2) is 201 Å². The van der Waals surface area contributed by atoms with Gasteiger partial charge in [-0.1, -0.05) is 37.6 Å². The Balaban J connectivity index is 0.528. The van der Waals surface area contributed by atoms with E-state index in [1.54, 1.807) is 70.9 Å². The summed E-state index contributed by atoms with van der Waals surface area (Å²) in [5.41, 5.74) is 8.73. The molecule has 578 valence electrons. The molecule has 9 rings (SSSR count). The second-order valence-corrected chi connectivity index (χ2v) is 26.9. The van der Waals surface area contributed by atoms with Crippen LogP contribution in [0.3, 0.4) is 0 Å². The molecule has 3 aromatic heterocycles. The molecule has 3 aliphatic heterocycles. The van der Waals surface area contributed by atoms with Crippen LogP contribution in [0.25, 0.3) is 22.3 Å². The first-order valence-corrected chi connectivity index (χ1v) is 37.3. The van der Waals surface area contributed by atoms with Gasteiger partial charge in [-0.3, -0.25) is 38.5 Å². The summed E-state index contributed by atoms with van der Waals surface area (Å²) in [5.74, 6) is -2.32. The normalized spacial score (nSPS) is 17.1. The highest BCUT2D eigenvalue weighted by atomic mass is 16.7. The number of rotatable bonds is 50. The van der Waals surface area contributed by atoms with Gasteiger partial charge in [-0.15, -0.1) is 5.10 Å². The average molecular weight is 1480 g/mol. The SMILES string of the molecule is CCc1c2c(nc3ccc(O)cc13)-c1cc3c(c(=O)n1C2)COC(=O)[C@@]3(CC)OC(=O)OCc1ccc(NC(=O)[C@H](CCCCN)CC(=O)COCC(=O)CCCOCCCCCOCCOCCOCCOCCOCCOCCn2cc(CNC(=O)C3CCC(CN4C(=O)CCC4=O)CC3)nn2)cc1. The lowest BCUT2D eigenvalue weighted by atomic mass is 9.81. The van der Waals surface area contributed by atoms with Gasteiger partial charge in [0.25, 0.3) is 5.56 Å².